The van der Waals surface area contributed by atoms with Crippen LogP contribution in [0.5, 0.6) is 0 Å². The Morgan fingerprint density at radius 2 is 1.80 bits per heavy atom. The van der Waals surface area contributed by atoms with Gasteiger partial charge in [0.15, 0.2) is 0 Å². The second kappa shape index (κ2) is 2.96. The summed E-state index contributed by atoms with van der Waals surface area (Å²) in [4.78, 5) is 5.23. The van der Waals surface area contributed by atoms with Crippen molar-refractivity contribution in [3.05, 3.63) is 0 Å². The summed E-state index contributed by atoms with van der Waals surface area (Å²) in [6, 6.07) is 0.415. The highest BCUT2D eigenvalue weighted by atomic mass is 15.4. The zero-order valence-corrected chi connectivity index (χ0v) is 10.00. The summed E-state index contributed by atoms with van der Waals surface area (Å²) in [5.74, 6) is 0. The second-order valence-corrected chi connectivity index (χ2v) is 6.36. The Morgan fingerprint density at radius 1 is 1.20 bits per heavy atom. The van der Waals surface area contributed by atoms with Gasteiger partial charge in [-0.25, -0.2) is 0 Å². The van der Waals surface area contributed by atoms with E-state index in [0.29, 0.717) is 16.9 Å². The molecule has 0 saturated carbocycles. The van der Waals surface area contributed by atoms with Crippen LogP contribution in [0, 0.1) is 10.8 Å². The van der Waals surface area contributed by atoms with Gasteiger partial charge in [-0.1, -0.05) is 20.3 Å². The van der Waals surface area contributed by atoms with Crippen molar-refractivity contribution < 1.29 is 0 Å². The number of hydrogen-bond acceptors (Lipinski definition) is 3. The van der Waals surface area contributed by atoms with Crippen molar-refractivity contribution in [1.29, 1.82) is 0 Å². The molecule has 4 fully saturated rings. The van der Waals surface area contributed by atoms with Crippen LogP contribution in [0.4, 0.5) is 0 Å². The average molecular weight is 209 g/mol. The first kappa shape index (κ1) is 10.1. The molecule has 4 aliphatic heterocycles. The smallest absolute Gasteiger partial charge is 0.0507 e. The molecule has 0 aromatic carbocycles. The molecule has 15 heavy (non-hydrogen) atoms. The van der Waals surface area contributed by atoms with Crippen molar-refractivity contribution in [2.45, 2.75) is 32.7 Å². The Bertz CT molecular complexity index is 262. The fourth-order valence-corrected chi connectivity index (χ4v) is 4.55. The summed E-state index contributed by atoms with van der Waals surface area (Å²) in [6.45, 7) is 10.8. The van der Waals surface area contributed by atoms with E-state index in [9.17, 15) is 0 Å². The largest absolute Gasteiger partial charge is 0.327 e. The molecule has 4 saturated heterocycles. The molecule has 2 N–H and O–H groups in total. The molecular weight excluding hydrogens is 186 g/mol. The highest BCUT2D eigenvalue weighted by molar-refractivity contribution is 5.13. The topological polar surface area (TPSA) is 32.5 Å². The maximum atomic E-state index is 6.57. The van der Waals surface area contributed by atoms with Crippen LogP contribution >= 0.6 is 0 Å². The molecule has 3 nitrogen and oxygen atoms in total. The Hall–Kier alpha value is -0.120. The van der Waals surface area contributed by atoms with E-state index in [1.807, 2.05) is 0 Å². The Labute approximate surface area is 92.6 Å². The standard InChI is InChI=1S/C12H23N3/c1-3-4-12-7-14-5-11(2,10(12)13)6-15(8-12)9-14/h10H,3-9,13H2,1-2H3. The van der Waals surface area contributed by atoms with Crippen LogP contribution in [0.3, 0.4) is 0 Å². The number of rotatable bonds is 2. The Morgan fingerprint density at radius 3 is 2.33 bits per heavy atom. The van der Waals surface area contributed by atoms with Gasteiger partial charge in [0.2, 0.25) is 0 Å². The second-order valence-electron chi connectivity index (χ2n) is 6.36. The minimum atomic E-state index is 0.351. The molecule has 0 spiro atoms. The molecule has 0 amide bonds. The summed E-state index contributed by atoms with van der Waals surface area (Å²) >= 11 is 0. The highest BCUT2D eigenvalue weighted by Crippen LogP contribution is 2.50. The first-order chi connectivity index (χ1) is 7.08. The quantitative estimate of drug-likeness (QED) is 0.727. The lowest BCUT2D eigenvalue weighted by molar-refractivity contribution is -0.175. The highest BCUT2D eigenvalue weighted by Gasteiger charge is 2.59. The number of nitrogens with zero attached hydrogens (tertiary/aromatic N) is 2. The van der Waals surface area contributed by atoms with Gasteiger partial charge in [0.1, 0.15) is 0 Å². The lowest BCUT2D eigenvalue weighted by Gasteiger charge is -2.67. The van der Waals surface area contributed by atoms with E-state index in [1.165, 1.54) is 45.7 Å². The summed E-state index contributed by atoms with van der Waals surface area (Å²) in [5, 5.41) is 0. The summed E-state index contributed by atoms with van der Waals surface area (Å²) in [5.41, 5.74) is 7.32. The minimum Gasteiger partial charge on any atom is -0.327 e. The Kier molecular flexibility index (Phi) is 1.99. The molecule has 3 unspecified atom stereocenters. The lowest BCUT2D eigenvalue weighted by atomic mass is 9.58. The molecule has 0 aromatic heterocycles. The number of hydrogen-bond donors (Lipinski definition) is 1. The van der Waals surface area contributed by atoms with Crippen LogP contribution in [0.25, 0.3) is 0 Å². The number of nitrogens with two attached hydrogens (primary N) is 1. The molecule has 4 aliphatic rings. The maximum absolute atomic E-state index is 6.57. The van der Waals surface area contributed by atoms with Gasteiger partial charge in [0, 0.05) is 43.1 Å². The van der Waals surface area contributed by atoms with E-state index in [0.717, 1.165) is 0 Å². The van der Waals surface area contributed by atoms with Crippen molar-refractivity contribution in [2.24, 2.45) is 16.6 Å². The first-order valence-corrected chi connectivity index (χ1v) is 6.28. The molecule has 4 bridgehead atoms. The van der Waals surface area contributed by atoms with Gasteiger partial charge in [-0.2, -0.15) is 0 Å². The van der Waals surface area contributed by atoms with Crippen molar-refractivity contribution in [3.8, 4) is 0 Å². The van der Waals surface area contributed by atoms with Gasteiger partial charge in [-0.15, -0.1) is 0 Å². The average Bonchev–Trinajstić information content (AvgIpc) is 2.13. The molecule has 3 atom stereocenters. The SMILES string of the molecule is CCCC12CN3CN(CC(C)(C3)C1N)C2. The van der Waals surface area contributed by atoms with Gasteiger partial charge in [-0.3, -0.25) is 9.80 Å². The van der Waals surface area contributed by atoms with Crippen LogP contribution in [0.15, 0.2) is 0 Å². The summed E-state index contributed by atoms with van der Waals surface area (Å²) in [7, 11) is 0. The third kappa shape index (κ3) is 1.23. The van der Waals surface area contributed by atoms with Crippen LogP contribution in [-0.2, 0) is 0 Å². The van der Waals surface area contributed by atoms with Crippen LogP contribution < -0.4 is 5.73 Å². The number of piperidine rings is 2. The molecule has 86 valence electrons. The van der Waals surface area contributed by atoms with E-state index < -0.39 is 0 Å². The zero-order valence-electron chi connectivity index (χ0n) is 10.00. The maximum Gasteiger partial charge on any atom is 0.0507 e. The van der Waals surface area contributed by atoms with Crippen molar-refractivity contribution in [1.82, 2.24) is 9.80 Å². The third-order valence-corrected chi connectivity index (χ3v) is 4.81. The van der Waals surface area contributed by atoms with Gasteiger partial charge in [0.05, 0.1) is 6.67 Å². The van der Waals surface area contributed by atoms with E-state index in [-0.39, 0.29) is 0 Å². The third-order valence-electron chi connectivity index (χ3n) is 4.81. The van der Waals surface area contributed by atoms with Gasteiger partial charge >= 0.3 is 0 Å². The monoisotopic (exact) mass is 209 g/mol. The van der Waals surface area contributed by atoms with E-state index in [2.05, 4.69) is 23.6 Å². The molecule has 0 aromatic rings. The lowest BCUT2D eigenvalue weighted by Crippen LogP contribution is -2.78. The van der Waals surface area contributed by atoms with E-state index in [4.69, 9.17) is 5.73 Å². The Balaban J connectivity index is 1.96. The van der Waals surface area contributed by atoms with E-state index in [1.54, 1.807) is 0 Å². The van der Waals surface area contributed by atoms with E-state index >= 15 is 0 Å². The zero-order chi connectivity index (χ0) is 10.7. The molecule has 4 heterocycles. The fourth-order valence-electron chi connectivity index (χ4n) is 4.55. The molecular formula is C12H23N3. The summed E-state index contributed by atoms with van der Waals surface area (Å²) < 4.78 is 0. The minimum absolute atomic E-state index is 0.351. The molecule has 0 radical (unpaired) electrons. The predicted molar refractivity (Wildman–Crippen MR) is 61.4 cm³/mol. The van der Waals surface area contributed by atoms with Crippen LogP contribution in [0.2, 0.25) is 0 Å². The first-order valence-electron chi connectivity index (χ1n) is 6.28. The van der Waals surface area contributed by atoms with Crippen LogP contribution in [-0.4, -0.2) is 48.7 Å². The van der Waals surface area contributed by atoms with Gasteiger partial charge in [0.25, 0.3) is 0 Å². The fraction of sp³-hybridized carbons (Fsp3) is 1.00. The molecule has 4 rings (SSSR count). The van der Waals surface area contributed by atoms with Crippen molar-refractivity contribution in [3.63, 3.8) is 0 Å². The normalized spacial score (nSPS) is 57.4. The molecule has 3 heteroatoms. The van der Waals surface area contributed by atoms with Gasteiger partial charge in [-0.05, 0) is 6.42 Å². The van der Waals surface area contributed by atoms with Gasteiger partial charge < -0.3 is 5.73 Å². The molecule has 0 aliphatic carbocycles. The van der Waals surface area contributed by atoms with Crippen LogP contribution in [0.1, 0.15) is 26.7 Å². The van der Waals surface area contributed by atoms with Crippen molar-refractivity contribution >= 4 is 0 Å². The summed E-state index contributed by atoms with van der Waals surface area (Å²) in [6.07, 6.45) is 2.57. The van der Waals surface area contributed by atoms with Crippen molar-refractivity contribution in [2.75, 3.05) is 32.8 Å². The predicted octanol–water partition coefficient (Wildman–Crippen LogP) is 0.709.